The van der Waals surface area contributed by atoms with Crippen LogP contribution in [-0.2, 0) is 4.79 Å². The molecule has 0 aromatic carbocycles. The highest BCUT2D eigenvalue weighted by atomic mass is 19.4. The largest absolute Gasteiger partial charge is 0.395 e. The SMILES string of the molecule is CC(C)CCCC(=O)CC(F)(F)F. The van der Waals surface area contributed by atoms with Crippen LogP contribution in [0.3, 0.4) is 0 Å². The standard InChI is InChI=1S/C9H15F3O/c1-7(2)4-3-5-8(13)6-9(10,11)12/h7H,3-6H2,1-2H3. The van der Waals surface area contributed by atoms with Crippen molar-refractivity contribution >= 4 is 5.78 Å². The van der Waals surface area contributed by atoms with Crippen molar-refractivity contribution in [2.75, 3.05) is 0 Å². The van der Waals surface area contributed by atoms with E-state index in [2.05, 4.69) is 0 Å². The summed E-state index contributed by atoms with van der Waals surface area (Å²) >= 11 is 0. The van der Waals surface area contributed by atoms with Crippen LogP contribution in [0.2, 0.25) is 0 Å². The van der Waals surface area contributed by atoms with Gasteiger partial charge in [-0.1, -0.05) is 20.3 Å². The van der Waals surface area contributed by atoms with Crippen LogP contribution < -0.4 is 0 Å². The Morgan fingerprint density at radius 1 is 1.31 bits per heavy atom. The van der Waals surface area contributed by atoms with Crippen LogP contribution in [0.15, 0.2) is 0 Å². The highest BCUT2D eigenvalue weighted by molar-refractivity contribution is 5.78. The van der Waals surface area contributed by atoms with Crippen molar-refractivity contribution in [2.45, 2.75) is 45.7 Å². The number of rotatable bonds is 5. The van der Waals surface area contributed by atoms with Crippen LogP contribution in [0.25, 0.3) is 0 Å². The second-order valence-electron chi connectivity index (χ2n) is 3.62. The summed E-state index contributed by atoms with van der Waals surface area (Å²) in [5, 5.41) is 0. The Morgan fingerprint density at radius 2 is 1.85 bits per heavy atom. The number of carbonyl (C=O) groups excluding carboxylic acids is 1. The molecule has 0 aliphatic carbocycles. The molecule has 0 aromatic rings. The molecule has 78 valence electrons. The van der Waals surface area contributed by atoms with Gasteiger partial charge in [0.05, 0.1) is 0 Å². The molecule has 0 atom stereocenters. The molecule has 0 heterocycles. The van der Waals surface area contributed by atoms with E-state index in [-0.39, 0.29) is 6.42 Å². The second-order valence-corrected chi connectivity index (χ2v) is 3.62. The van der Waals surface area contributed by atoms with E-state index in [4.69, 9.17) is 0 Å². The molecule has 0 bridgehead atoms. The van der Waals surface area contributed by atoms with Crippen LogP contribution in [0.1, 0.15) is 39.5 Å². The Hall–Kier alpha value is -0.540. The average Bonchev–Trinajstić information content (AvgIpc) is 1.81. The monoisotopic (exact) mass is 196 g/mol. The summed E-state index contributed by atoms with van der Waals surface area (Å²) in [5.41, 5.74) is 0. The van der Waals surface area contributed by atoms with Crippen LogP contribution >= 0.6 is 0 Å². The Morgan fingerprint density at radius 3 is 2.23 bits per heavy atom. The first-order chi connectivity index (χ1) is 5.81. The molecule has 0 radical (unpaired) electrons. The fraction of sp³-hybridized carbons (Fsp3) is 0.889. The lowest BCUT2D eigenvalue weighted by atomic mass is 10.0. The molecule has 0 aliphatic heterocycles. The Labute approximate surface area is 76.3 Å². The van der Waals surface area contributed by atoms with Crippen LogP contribution in [0, 0.1) is 5.92 Å². The number of halogens is 3. The first-order valence-corrected chi connectivity index (χ1v) is 4.39. The lowest BCUT2D eigenvalue weighted by molar-refractivity contribution is -0.152. The lowest BCUT2D eigenvalue weighted by Gasteiger charge is -2.06. The fourth-order valence-corrected chi connectivity index (χ4v) is 1.02. The predicted molar refractivity (Wildman–Crippen MR) is 44.4 cm³/mol. The Balaban J connectivity index is 3.53. The third-order valence-corrected chi connectivity index (χ3v) is 1.63. The normalized spacial score (nSPS) is 12.2. The topological polar surface area (TPSA) is 17.1 Å². The lowest BCUT2D eigenvalue weighted by Crippen LogP contribution is -2.14. The Kier molecular flexibility index (Phi) is 5.03. The molecule has 0 spiro atoms. The minimum Gasteiger partial charge on any atom is -0.299 e. The smallest absolute Gasteiger partial charge is 0.299 e. The van der Waals surface area contributed by atoms with Gasteiger partial charge in [-0.2, -0.15) is 13.2 Å². The predicted octanol–water partition coefficient (Wildman–Crippen LogP) is 3.33. The van der Waals surface area contributed by atoms with Gasteiger partial charge in [0, 0.05) is 6.42 Å². The molecule has 0 aliphatic rings. The summed E-state index contributed by atoms with van der Waals surface area (Å²) < 4.78 is 35.0. The number of carbonyl (C=O) groups is 1. The van der Waals surface area contributed by atoms with E-state index in [9.17, 15) is 18.0 Å². The van der Waals surface area contributed by atoms with Gasteiger partial charge in [-0.15, -0.1) is 0 Å². The molecule has 0 N–H and O–H groups in total. The van der Waals surface area contributed by atoms with Crippen molar-refractivity contribution in [1.29, 1.82) is 0 Å². The van der Waals surface area contributed by atoms with E-state index in [0.29, 0.717) is 12.3 Å². The van der Waals surface area contributed by atoms with E-state index in [1.54, 1.807) is 0 Å². The molecule has 0 rings (SSSR count). The van der Waals surface area contributed by atoms with Gasteiger partial charge in [0.1, 0.15) is 12.2 Å². The molecular weight excluding hydrogens is 181 g/mol. The van der Waals surface area contributed by atoms with Crippen molar-refractivity contribution < 1.29 is 18.0 Å². The fourth-order valence-electron chi connectivity index (χ4n) is 1.02. The van der Waals surface area contributed by atoms with Crippen LogP contribution in [-0.4, -0.2) is 12.0 Å². The second kappa shape index (κ2) is 5.25. The minimum absolute atomic E-state index is 0.0533. The van der Waals surface area contributed by atoms with Crippen LogP contribution in [0.5, 0.6) is 0 Å². The summed E-state index contributed by atoms with van der Waals surface area (Å²) in [4.78, 5) is 10.7. The van der Waals surface area contributed by atoms with E-state index >= 15 is 0 Å². The number of hydrogen-bond acceptors (Lipinski definition) is 1. The summed E-state index contributed by atoms with van der Waals surface area (Å²) in [7, 11) is 0. The maximum atomic E-state index is 11.7. The molecule has 0 fully saturated rings. The first-order valence-electron chi connectivity index (χ1n) is 4.39. The summed E-state index contributed by atoms with van der Waals surface area (Å²) in [6.07, 6.45) is -4.19. The molecule has 4 heteroatoms. The molecule has 0 amide bonds. The molecule has 0 unspecified atom stereocenters. The molecule has 0 saturated heterocycles. The van der Waals surface area contributed by atoms with E-state index in [1.165, 1.54) is 0 Å². The zero-order valence-electron chi connectivity index (χ0n) is 7.95. The minimum atomic E-state index is -4.34. The maximum absolute atomic E-state index is 11.7. The van der Waals surface area contributed by atoms with E-state index in [1.807, 2.05) is 13.8 Å². The number of ketones is 1. The summed E-state index contributed by atoms with van der Waals surface area (Å²) in [6.45, 7) is 3.96. The van der Waals surface area contributed by atoms with Gasteiger partial charge in [-0.3, -0.25) is 4.79 Å². The number of Topliss-reactive ketones (excluding diaryl/α,β-unsaturated/α-hetero) is 1. The molecular formula is C9H15F3O. The quantitative estimate of drug-likeness (QED) is 0.659. The van der Waals surface area contributed by atoms with Crippen molar-refractivity contribution in [3.63, 3.8) is 0 Å². The number of alkyl halides is 3. The molecule has 0 aromatic heterocycles. The van der Waals surface area contributed by atoms with Gasteiger partial charge in [0.25, 0.3) is 0 Å². The molecule has 0 saturated carbocycles. The molecule has 1 nitrogen and oxygen atoms in total. The van der Waals surface area contributed by atoms with Crippen molar-refractivity contribution in [3.8, 4) is 0 Å². The van der Waals surface area contributed by atoms with Gasteiger partial charge in [-0.05, 0) is 12.3 Å². The van der Waals surface area contributed by atoms with Gasteiger partial charge >= 0.3 is 6.18 Å². The van der Waals surface area contributed by atoms with Gasteiger partial charge in [0.15, 0.2) is 0 Å². The summed E-state index contributed by atoms with van der Waals surface area (Å²) in [5.74, 6) is -0.258. The highest BCUT2D eigenvalue weighted by Gasteiger charge is 2.30. The zero-order chi connectivity index (χ0) is 10.5. The van der Waals surface area contributed by atoms with Gasteiger partial charge in [-0.25, -0.2) is 0 Å². The summed E-state index contributed by atoms with van der Waals surface area (Å²) in [6, 6.07) is 0. The third-order valence-electron chi connectivity index (χ3n) is 1.63. The first kappa shape index (κ1) is 12.5. The third kappa shape index (κ3) is 9.37. The van der Waals surface area contributed by atoms with Crippen LogP contribution in [0.4, 0.5) is 13.2 Å². The Bertz CT molecular complexity index is 161. The van der Waals surface area contributed by atoms with Gasteiger partial charge < -0.3 is 0 Å². The van der Waals surface area contributed by atoms with Gasteiger partial charge in [0.2, 0.25) is 0 Å². The van der Waals surface area contributed by atoms with Crippen molar-refractivity contribution in [1.82, 2.24) is 0 Å². The highest BCUT2D eigenvalue weighted by Crippen LogP contribution is 2.21. The zero-order valence-corrected chi connectivity index (χ0v) is 7.95. The molecule has 13 heavy (non-hydrogen) atoms. The number of hydrogen-bond donors (Lipinski definition) is 0. The van der Waals surface area contributed by atoms with E-state index in [0.717, 1.165) is 6.42 Å². The maximum Gasteiger partial charge on any atom is 0.395 e. The average molecular weight is 196 g/mol. The van der Waals surface area contributed by atoms with Crippen molar-refractivity contribution in [3.05, 3.63) is 0 Å². The van der Waals surface area contributed by atoms with E-state index < -0.39 is 18.4 Å². The van der Waals surface area contributed by atoms with Crippen molar-refractivity contribution in [2.24, 2.45) is 5.92 Å².